The number of rotatable bonds is 0. The van der Waals surface area contributed by atoms with E-state index in [1.807, 2.05) is 0 Å². The quantitative estimate of drug-likeness (QED) is 0.558. The topological polar surface area (TPSA) is 60.8 Å². The average molecular weight is 171 g/mol. The van der Waals surface area contributed by atoms with Crippen LogP contribution in [0.5, 0.6) is 0 Å². The predicted octanol–water partition coefficient (Wildman–Crippen LogP) is 0.511. The summed E-state index contributed by atoms with van der Waals surface area (Å²) in [5.41, 5.74) is 0.137. The Morgan fingerprint density at radius 2 is 2.17 bits per heavy atom. The van der Waals surface area contributed by atoms with Crippen molar-refractivity contribution >= 4 is 6.09 Å². The normalized spacial score (nSPS) is 40.1. The lowest BCUT2D eigenvalue weighted by Gasteiger charge is -2.42. The molecule has 1 aliphatic heterocycles. The Labute approximate surface area is 70.8 Å². The largest absolute Gasteiger partial charge is 0.465 e. The second kappa shape index (κ2) is 2.36. The fraction of sp³-hybridized carbons (Fsp3) is 0.875. The number of aliphatic hydroxyl groups is 1. The van der Waals surface area contributed by atoms with Crippen molar-refractivity contribution in [3.63, 3.8) is 0 Å². The molecule has 0 atom stereocenters. The number of amides is 1. The van der Waals surface area contributed by atoms with Crippen LogP contribution in [0.1, 0.15) is 19.3 Å². The van der Waals surface area contributed by atoms with Gasteiger partial charge in [0, 0.05) is 13.1 Å². The Morgan fingerprint density at radius 3 is 2.58 bits per heavy atom. The molecule has 0 bridgehead atoms. The van der Waals surface area contributed by atoms with Gasteiger partial charge in [0.25, 0.3) is 0 Å². The lowest BCUT2D eigenvalue weighted by atomic mass is 9.66. The van der Waals surface area contributed by atoms with Gasteiger partial charge in [-0.3, -0.25) is 0 Å². The maximum absolute atomic E-state index is 10.6. The minimum atomic E-state index is -0.826. The molecule has 12 heavy (non-hydrogen) atoms. The van der Waals surface area contributed by atoms with E-state index < -0.39 is 6.09 Å². The molecule has 68 valence electrons. The van der Waals surface area contributed by atoms with E-state index in [0.717, 1.165) is 19.3 Å². The number of hydrogen-bond acceptors (Lipinski definition) is 2. The van der Waals surface area contributed by atoms with E-state index in [4.69, 9.17) is 10.2 Å². The molecule has 0 aromatic heterocycles. The summed E-state index contributed by atoms with van der Waals surface area (Å²) in [5, 5.41) is 17.8. The van der Waals surface area contributed by atoms with Gasteiger partial charge in [0.05, 0.1) is 6.10 Å². The summed E-state index contributed by atoms with van der Waals surface area (Å²) in [6.45, 7) is 1.27. The van der Waals surface area contributed by atoms with Crippen LogP contribution in [0.15, 0.2) is 0 Å². The number of carboxylic acid groups (broad SMARTS) is 1. The maximum Gasteiger partial charge on any atom is 0.407 e. The fourth-order valence-electron chi connectivity index (χ4n) is 2.37. The molecule has 4 heteroatoms. The zero-order valence-electron chi connectivity index (χ0n) is 6.86. The Morgan fingerprint density at radius 1 is 1.50 bits per heavy atom. The van der Waals surface area contributed by atoms with Crippen LogP contribution in [0.4, 0.5) is 4.79 Å². The van der Waals surface area contributed by atoms with E-state index in [2.05, 4.69) is 0 Å². The Hall–Kier alpha value is -0.770. The van der Waals surface area contributed by atoms with Crippen LogP contribution in [-0.2, 0) is 0 Å². The van der Waals surface area contributed by atoms with Gasteiger partial charge in [-0.2, -0.15) is 0 Å². The van der Waals surface area contributed by atoms with Crippen molar-refractivity contribution in [3.05, 3.63) is 0 Å². The molecule has 1 spiro atoms. The maximum atomic E-state index is 10.6. The van der Waals surface area contributed by atoms with Crippen molar-refractivity contribution in [1.82, 2.24) is 4.90 Å². The highest BCUT2D eigenvalue weighted by molar-refractivity contribution is 5.65. The molecule has 2 aliphatic rings. The number of aliphatic hydroxyl groups excluding tert-OH is 1. The first kappa shape index (κ1) is 7.86. The SMILES string of the molecule is O=C(O)N1CC[C@]2(C1)C[C@H](O)C2. The first-order chi connectivity index (χ1) is 5.61. The number of nitrogens with zero attached hydrogens (tertiary/aromatic N) is 1. The Bertz CT molecular complexity index is 210. The number of carbonyl (C=O) groups is 1. The van der Waals surface area contributed by atoms with E-state index in [9.17, 15) is 4.79 Å². The van der Waals surface area contributed by atoms with Gasteiger partial charge in [-0.05, 0) is 24.7 Å². The van der Waals surface area contributed by atoms with Crippen LogP contribution in [0.2, 0.25) is 0 Å². The highest BCUT2D eigenvalue weighted by atomic mass is 16.4. The third-order valence-corrected chi connectivity index (χ3v) is 3.05. The summed E-state index contributed by atoms with van der Waals surface area (Å²) in [5.74, 6) is 0. The van der Waals surface area contributed by atoms with Gasteiger partial charge in [-0.15, -0.1) is 0 Å². The molecule has 4 nitrogen and oxygen atoms in total. The summed E-state index contributed by atoms with van der Waals surface area (Å²) in [6.07, 6.45) is 1.50. The van der Waals surface area contributed by atoms with Gasteiger partial charge in [-0.25, -0.2) is 4.79 Å². The second-order valence-electron chi connectivity index (χ2n) is 4.02. The summed E-state index contributed by atoms with van der Waals surface area (Å²) in [4.78, 5) is 12.0. The minimum Gasteiger partial charge on any atom is -0.465 e. The number of hydrogen-bond donors (Lipinski definition) is 2. The summed E-state index contributed by atoms with van der Waals surface area (Å²) < 4.78 is 0. The monoisotopic (exact) mass is 171 g/mol. The molecular formula is C8H13NO3. The van der Waals surface area contributed by atoms with E-state index in [-0.39, 0.29) is 11.5 Å². The molecule has 2 N–H and O–H groups in total. The molecule has 1 saturated heterocycles. The fourth-order valence-corrected chi connectivity index (χ4v) is 2.37. The Balaban J connectivity index is 1.95. The molecule has 0 radical (unpaired) electrons. The van der Waals surface area contributed by atoms with Crippen molar-refractivity contribution in [3.8, 4) is 0 Å². The standard InChI is InChI=1S/C8H13NO3/c10-6-3-8(4-6)1-2-9(5-8)7(11)12/h6,10H,1-5H2,(H,11,12)/t6-,8-. The summed E-state index contributed by atoms with van der Waals surface area (Å²) in [7, 11) is 0. The molecule has 0 unspecified atom stereocenters. The van der Waals surface area contributed by atoms with E-state index in [1.54, 1.807) is 0 Å². The van der Waals surface area contributed by atoms with Crippen molar-refractivity contribution in [2.75, 3.05) is 13.1 Å². The van der Waals surface area contributed by atoms with Gasteiger partial charge in [-0.1, -0.05) is 0 Å². The van der Waals surface area contributed by atoms with Crippen molar-refractivity contribution in [2.24, 2.45) is 5.41 Å². The molecule has 2 fully saturated rings. The average Bonchev–Trinajstić information content (AvgIpc) is 2.31. The molecule has 0 aromatic carbocycles. The van der Waals surface area contributed by atoms with Gasteiger partial charge in [0.2, 0.25) is 0 Å². The molecule has 1 amide bonds. The molecule has 1 saturated carbocycles. The smallest absolute Gasteiger partial charge is 0.407 e. The van der Waals surface area contributed by atoms with E-state index in [1.165, 1.54) is 4.90 Å². The lowest BCUT2D eigenvalue weighted by molar-refractivity contribution is -0.0243. The zero-order valence-corrected chi connectivity index (χ0v) is 6.86. The van der Waals surface area contributed by atoms with Crippen LogP contribution in [0.3, 0.4) is 0 Å². The number of likely N-dealkylation sites (tertiary alicyclic amines) is 1. The van der Waals surface area contributed by atoms with Gasteiger partial charge < -0.3 is 15.1 Å². The van der Waals surface area contributed by atoms with Crippen LogP contribution in [0, 0.1) is 5.41 Å². The molecule has 1 heterocycles. The van der Waals surface area contributed by atoms with Crippen LogP contribution >= 0.6 is 0 Å². The highest BCUT2D eigenvalue weighted by Gasteiger charge is 2.48. The van der Waals surface area contributed by atoms with Crippen molar-refractivity contribution in [2.45, 2.75) is 25.4 Å². The molecule has 2 rings (SSSR count). The van der Waals surface area contributed by atoms with Crippen molar-refractivity contribution in [1.29, 1.82) is 0 Å². The van der Waals surface area contributed by atoms with Crippen LogP contribution in [0.25, 0.3) is 0 Å². The van der Waals surface area contributed by atoms with Gasteiger partial charge in [0.1, 0.15) is 0 Å². The predicted molar refractivity (Wildman–Crippen MR) is 41.9 cm³/mol. The second-order valence-corrected chi connectivity index (χ2v) is 4.02. The first-order valence-corrected chi connectivity index (χ1v) is 4.27. The minimum absolute atomic E-state index is 0.137. The highest BCUT2D eigenvalue weighted by Crippen LogP contribution is 2.47. The van der Waals surface area contributed by atoms with E-state index in [0.29, 0.717) is 13.1 Å². The zero-order chi connectivity index (χ0) is 8.77. The first-order valence-electron chi connectivity index (χ1n) is 4.27. The third kappa shape index (κ3) is 1.06. The van der Waals surface area contributed by atoms with Gasteiger partial charge >= 0.3 is 6.09 Å². The molecule has 1 aliphatic carbocycles. The molecular weight excluding hydrogens is 158 g/mol. The van der Waals surface area contributed by atoms with E-state index >= 15 is 0 Å². The van der Waals surface area contributed by atoms with Crippen molar-refractivity contribution < 1.29 is 15.0 Å². The molecule has 0 aromatic rings. The van der Waals surface area contributed by atoms with Crippen LogP contribution < -0.4 is 0 Å². The third-order valence-electron chi connectivity index (χ3n) is 3.05. The van der Waals surface area contributed by atoms with Gasteiger partial charge in [0.15, 0.2) is 0 Å². The summed E-state index contributed by atoms with van der Waals surface area (Å²) in [6, 6.07) is 0. The van der Waals surface area contributed by atoms with Crippen LogP contribution in [-0.4, -0.2) is 40.4 Å². The summed E-state index contributed by atoms with van der Waals surface area (Å²) >= 11 is 0. The Kier molecular flexibility index (Phi) is 1.54. The lowest BCUT2D eigenvalue weighted by Crippen LogP contribution is -2.43.